The molecule has 1 aromatic carbocycles. The van der Waals surface area contributed by atoms with Crippen LogP contribution < -0.4 is 10.6 Å². The molecule has 3 rings (SSSR count). The lowest BCUT2D eigenvalue weighted by Crippen LogP contribution is -2.43. The number of anilines is 1. The van der Waals surface area contributed by atoms with Crippen molar-refractivity contribution in [1.29, 1.82) is 0 Å². The van der Waals surface area contributed by atoms with Crippen molar-refractivity contribution >= 4 is 32.5 Å². The van der Waals surface area contributed by atoms with Crippen LogP contribution in [0.2, 0.25) is 0 Å². The molecular weight excluding hydrogens is 316 g/mol. The van der Waals surface area contributed by atoms with Crippen LogP contribution in [0.3, 0.4) is 0 Å². The molecule has 23 heavy (non-hydrogen) atoms. The number of nitrogens with one attached hydrogen (secondary N) is 2. The van der Waals surface area contributed by atoms with Crippen molar-refractivity contribution in [2.45, 2.75) is 25.4 Å². The van der Waals surface area contributed by atoms with Crippen molar-refractivity contribution < 1.29 is 13.2 Å². The minimum atomic E-state index is -3.01. The second-order valence-corrected chi connectivity index (χ2v) is 7.94. The summed E-state index contributed by atoms with van der Waals surface area (Å²) < 4.78 is 22.9. The highest BCUT2D eigenvalue weighted by Gasteiger charge is 2.30. The van der Waals surface area contributed by atoms with E-state index in [1.165, 1.54) is 6.33 Å². The molecular formula is C15H18N4O3S. The molecule has 1 aliphatic heterocycles. The number of hydrogen-bond donors (Lipinski definition) is 2. The van der Waals surface area contributed by atoms with Crippen LogP contribution in [0.15, 0.2) is 30.6 Å². The predicted octanol–water partition coefficient (Wildman–Crippen LogP) is 0.733. The summed E-state index contributed by atoms with van der Waals surface area (Å²) in [4.78, 5) is 20.6. The quantitative estimate of drug-likeness (QED) is 0.855. The monoisotopic (exact) mass is 334 g/mol. The third kappa shape index (κ3) is 3.58. The summed E-state index contributed by atoms with van der Waals surface area (Å²) in [6.45, 7) is 1.72. The first-order valence-corrected chi connectivity index (χ1v) is 9.24. The van der Waals surface area contributed by atoms with Crippen LogP contribution >= 0.6 is 0 Å². The van der Waals surface area contributed by atoms with Gasteiger partial charge in [-0.05, 0) is 25.5 Å². The number of hydrogen-bond acceptors (Lipinski definition) is 6. The minimum Gasteiger partial charge on any atom is -0.358 e. The number of carbonyl (C=O) groups is 1. The lowest BCUT2D eigenvalue weighted by molar-refractivity contribution is -0.122. The summed E-state index contributed by atoms with van der Waals surface area (Å²) in [6.07, 6.45) is 1.91. The molecule has 122 valence electrons. The van der Waals surface area contributed by atoms with E-state index in [9.17, 15) is 13.2 Å². The molecule has 1 amide bonds. The Hall–Kier alpha value is -2.22. The molecule has 1 saturated heterocycles. The van der Waals surface area contributed by atoms with Crippen LogP contribution in [0, 0.1) is 0 Å². The summed E-state index contributed by atoms with van der Waals surface area (Å²) in [5.74, 6) is 0.491. The number of para-hydroxylation sites is 1. The van der Waals surface area contributed by atoms with Crippen LogP contribution in [0.5, 0.6) is 0 Å². The van der Waals surface area contributed by atoms with Gasteiger partial charge in [-0.2, -0.15) is 0 Å². The van der Waals surface area contributed by atoms with Gasteiger partial charge in [-0.1, -0.05) is 12.1 Å². The van der Waals surface area contributed by atoms with E-state index in [2.05, 4.69) is 20.6 Å². The molecule has 2 N–H and O–H groups in total. The van der Waals surface area contributed by atoms with Crippen molar-refractivity contribution in [3.63, 3.8) is 0 Å². The first-order valence-electron chi connectivity index (χ1n) is 7.42. The Bertz CT molecular complexity index is 832. The maximum Gasteiger partial charge on any atom is 0.242 e. The molecule has 1 aliphatic rings. The van der Waals surface area contributed by atoms with E-state index in [1.807, 2.05) is 24.3 Å². The lowest BCUT2D eigenvalue weighted by atomic mass is 10.2. The molecule has 0 saturated carbocycles. The predicted molar refractivity (Wildman–Crippen MR) is 87.8 cm³/mol. The van der Waals surface area contributed by atoms with Crippen molar-refractivity contribution in [2.24, 2.45) is 0 Å². The van der Waals surface area contributed by atoms with Gasteiger partial charge in [0.15, 0.2) is 9.84 Å². The Balaban J connectivity index is 1.68. The van der Waals surface area contributed by atoms with Crippen LogP contribution in [0.4, 0.5) is 5.82 Å². The highest BCUT2D eigenvalue weighted by Crippen LogP contribution is 2.19. The van der Waals surface area contributed by atoms with Gasteiger partial charge in [-0.15, -0.1) is 0 Å². The Labute approximate surface area is 134 Å². The maximum absolute atomic E-state index is 12.2. The van der Waals surface area contributed by atoms with E-state index in [0.29, 0.717) is 12.2 Å². The van der Waals surface area contributed by atoms with Crippen LogP contribution in [-0.2, 0) is 14.6 Å². The van der Waals surface area contributed by atoms with Gasteiger partial charge in [0.25, 0.3) is 0 Å². The normalized spacial score (nSPS) is 21.0. The second-order valence-electron chi connectivity index (χ2n) is 5.71. The number of fused-ring (bicyclic) bond motifs is 1. The Morgan fingerprint density at radius 3 is 2.83 bits per heavy atom. The molecule has 0 spiro atoms. The summed E-state index contributed by atoms with van der Waals surface area (Å²) in [7, 11) is -3.01. The molecule has 1 aromatic heterocycles. The molecule has 0 aliphatic carbocycles. The maximum atomic E-state index is 12.2. The van der Waals surface area contributed by atoms with Crippen LogP contribution in [-0.4, -0.2) is 47.9 Å². The van der Waals surface area contributed by atoms with Gasteiger partial charge in [-0.25, -0.2) is 18.4 Å². The number of rotatable bonds is 4. The Kier molecular flexibility index (Phi) is 4.16. The lowest BCUT2D eigenvalue weighted by Gasteiger charge is -2.18. The Morgan fingerprint density at radius 2 is 2.09 bits per heavy atom. The number of nitrogens with zero attached hydrogens (tertiary/aromatic N) is 2. The van der Waals surface area contributed by atoms with Gasteiger partial charge in [-0.3, -0.25) is 4.79 Å². The zero-order valence-electron chi connectivity index (χ0n) is 12.7. The average molecular weight is 334 g/mol. The third-order valence-electron chi connectivity index (χ3n) is 3.87. The SMILES string of the molecule is CC(Nc1ncnc2ccccc12)C(=O)NC1CCS(=O)(=O)C1. The molecule has 0 bridgehead atoms. The molecule has 7 nitrogen and oxygen atoms in total. The molecule has 2 aromatic rings. The van der Waals surface area contributed by atoms with E-state index in [4.69, 9.17) is 0 Å². The minimum absolute atomic E-state index is 0.0158. The first-order chi connectivity index (χ1) is 10.9. The molecule has 8 heteroatoms. The highest BCUT2D eigenvalue weighted by atomic mass is 32.2. The fourth-order valence-electron chi connectivity index (χ4n) is 2.63. The summed E-state index contributed by atoms with van der Waals surface area (Å²) in [5, 5.41) is 6.68. The van der Waals surface area contributed by atoms with E-state index < -0.39 is 15.9 Å². The van der Waals surface area contributed by atoms with Crippen molar-refractivity contribution in [3.8, 4) is 0 Å². The van der Waals surface area contributed by atoms with Crippen molar-refractivity contribution in [2.75, 3.05) is 16.8 Å². The molecule has 0 radical (unpaired) electrons. The highest BCUT2D eigenvalue weighted by molar-refractivity contribution is 7.91. The van der Waals surface area contributed by atoms with Crippen molar-refractivity contribution in [3.05, 3.63) is 30.6 Å². The summed E-state index contributed by atoms with van der Waals surface area (Å²) in [5.41, 5.74) is 0.791. The van der Waals surface area contributed by atoms with Gasteiger partial charge < -0.3 is 10.6 Å². The summed E-state index contributed by atoms with van der Waals surface area (Å²) >= 11 is 0. The zero-order chi connectivity index (χ0) is 16.4. The molecule has 2 unspecified atom stereocenters. The Morgan fingerprint density at radius 1 is 1.30 bits per heavy atom. The third-order valence-corrected chi connectivity index (χ3v) is 5.64. The molecule has 2 heterocycles. The van der Waals surface area contributed by atoms with Gasteiger partial charge in [0.05, 0.1) is 17.0 Å². The first kappa shape index (κ1) is 15.7. The van der Waals surface area contributed by atoms with E-state index in [0.717, 1.165) is 10.9 Å². The van der Waals surface area contributed by atoms with E-state index >= 15 is 0 Å². The largest absolute Gasteiger partial charge is 0.358 e. The smallest absolute Gasteiger partial charge is 0.242 e. The van der Waals surface area contributed by atoms with Gasteiger partial charge in [0.2, 0.25) is 5.91 Å². The summed E-state index contributed by atoms with van der Waals surface area (Å²) in [6, 6.07) is 6.68. The van der Waals surface area contributed by atoms with Crippen LogP contribution in [0.25, 0.3) is 10.9 Å². The van der Waals surface area contributed by atoms with Gasteiger partial charge in [0, 0.05) is 11.4 Å². The van der Waals surface area contributed by atoms with Crippen LogP contribution in [0.1, 0.15) is 13.3 Å². The zero-order valence-corrected chi connectivity index (χ0v) is 13.5. The molecule has 2 atom stereocenters. The number of amides is 1. The van der Waals surface area contributed by atoms with E-state index in [-0.39, 0.29) is 23.5 Å². The number of benzene rings is 1. The fraction of sp³-hybridized carbons (Fsp3) is 0.400. The average Bonchev–Trinajstić information content (AvgIpc) is 2.86. The number of carbonyl (C=O) groups excluding carboxylic acids is 1. The van der Waals surface area contributed by atoms with Crippen molar-refractivity contribution in [1.82, 2.24) is 15.3 Å². The van der Waals surface area contributed by atoms with Gasteiger partial charge in [0.1, 0.15) is 18.2 Å². The fourth-order valence-corrected chi connectivity index (χ4v) is 4.30. The topological polar surface area (TPSA) is 101 Å². The second kappa shape index (κ2) is 6.11. The molecule has 1 fully saturated rings. The van der Waals surface area contributed by atoms with Gasteiger partial charge >= 0.3 is 0 Å². The number of sulfone groups is 1. The number of aromatic nitrogens is 2. The van der Waals surface area contributed by atoms with E-state index in [1.54, 1.807) is 6.92 Å². The standard InChI is InChI=1S/C15H18N4O3S/c1-10(15(20)19-11-6-7-23(21,22)8-11)18-14-12-4-2-3-5-13(12)16-9-17-14/h2-5,9-11H,6-8H2,1H3,(H,19,20)(H,16,17,18).